The number of carbonyl (C=O) groups is 1. The number of amides is 1. The van der Waals surface area contributed by atoms with E-state index in [1.54, 1.807) is 36.8 Å². The number of aryl methyl sites for hydroxylation is 2. The van der Waals surface area contributed by atoms with Crippen molar-refractivity contribution in [2.45, 2.75) is 13.8 Å². The van der Waals surface area contributed by atoms with Crippen LogP contribution in [-0.4, -0.2) is 20.9 Å². The molecule has 3 aromatic heterocycles. The van der Waals surface area contributed by atoms with Crippen LogP contribution in [0.25, 0.3) is 22.2 Å². The monoisotopic (exact) mass is 452 g/mol. The molecular formula is C27H21FN4O2. The van der Waals surface area contributed by atoms with E-state index >= 15 is 0 Å². The van der Waals surface area contributed by atoms with E-state index < -0.39 is 11.7 Å². The van der Waals surface area contributed by atoms with Gasteiger partial charge in [0.05, 0.1) is 5.39 Å². The number of halogens is 1. The summed E-state index contributed by atoms with van der Waals surface area (Å²) in [4.78, 5) is 24.2. The van der Waals surface area contributed by atoms with Gasteiger partial charge >= 0.3 is 0 Å². The van der Waals surface area contributed by atoms with Gasteiger partial charge in [0.1, 0.15) is 17.1 Å². The van der Waals surface area contributed by atoms with E-state index in [0.29, 0.717) is 17.1 Å². The first kappa shape index (κ1) is 21.3. The topological polar surface area (TPSA) is 79.9 Å². The Bertz CT molecular complexity index is 1530. The van der Waals surface area contributed by atoms with Crippen LogP contribution in [0.2, 0.25) is 0 Å². The van der Waals surface area contributed by atoms with E-state index in [9.17, 15) is 9.18 Å². The van der Waals surface area contributed by atoms with E-state index in [2.05, 4.69) is 26.3 Å². The maximum atomic E-state index is 14.8. The van der Waals surface area contributed by atoms with Crippen molar-refractivity contribution in [2.24, 2.45) is 0 Å². The Hall–Kier alpha value is -4.52. The minimum Gasteiger partial charge on any atom is -0.453 e. The average molecular weight is 452 g/mol. The molecule has 5 aromatic rings. The highest BCUT2D eigenvalue weighted by Crippen LogP contribution is 2.31. The minimum atomic E-state index is -0.602. The number of aromatic amines is 1. The van der Waals surface area contributed by atoms with Gasteiger partial charge in [0.2, 0.25) is 0 Å². The second-order valence-electron chi connectivity index (χ2n) is 8.00. The number of rotatable bonds is 5. The summed E-state index contributed by atoms with van der Waals surface area (Å²) < 4.78 is 20.5. The van der Waals surface area contributed by atoms with Crippen LogP contribution in [-0.2, 0) is 0 Å². The maximum Gasteiger partial charge on any atom is 0.274 e. The van der Waals surface area contributed by atoms with Crippen molar-refractivity contribution in [3.63, 3.8) is 0 Å². The lowest BCUT2D eigenvalue weighted by Gasteiger charge is -2.11. The van der Waals surface area contributed by atoms with Crippen molar-refractivity contribution in [3.8, 4) is 22.6 Å². The van der Waals surface area contributed by atoms with E-state index in [1.165, 1.54) is 17.7 Å². The second kappa shape index (κ2) is 8.78. The SMILES string of the molecule is Cc1ccc(-c2ccnc(C(=O)Nc3ccc(Oc4ccnc5[nH]ccc45)c(F)c3)c2)c(C)c1. The number of nitrogens with zero attached hydrogens (tertiary/aromatic N) is 2. The van der Waals surface area contributed by atoms with Crippen LogP contribution >= 0.6 is 0 Å². The molecule has 0 aliphatic rings. The first-order valence-corrected chi connectivity index (χ1v) is 10.7. The average Bonchev–Trinajstić information content (AvgIpc) is 3.31. The molecule has 0 spiro atoms. The number of aromatic nitrogens is 3. The Morgan fingerprint density at radius 1 is 0.941 bits per heavy atom. The first-order chi connectivity index (χ1) is 16.5. The molecule has 0 radical (unpaired) electrons. The Morgan fingerprint density at radius 3 is 2.62 bits per heavy atom. The van der Waals surface area contributed by atoms with Crippen molar-refractivity contribution < 1.29 is 13.9 Å². The number of anilines is 1. The van der Waals surface area contributed by atoms with Crippen molar-refractivity contribution in [1.29, 1.82) is 0 Å². The van der Waals surface area contributed by atoms with Gasteiger partial charge in [-0.05, 0) is 66.9 Å². The van der Waals surface area contributed by atoms with Crippen molar-refractivity contribution >= 4 is 22.6 Å². The van der Waals surface area contributed by atoms with Crippen molar-refractivity contribution in [1.82, 2.24) is 15.0 Å². The highest BCUT2D eigenvalue weighted by molar-refractivity contribution is 6.03. The van der Waals surface area contributed by atoms with Gasteiger partial charge in [-0.25, -0.2) is 9.37 Å². The third kappa shape index (κ3) is 4.23. The number of fused-ring (bicyclic) bond motifs is 1. The highest BCUT2D eigenvalue weighted by Gasteiger charge is 2.14. The van der Waals surface area contributed by atoms with Crippen LogP contribution in [0.1, 0.15) is 21.6 Å². The molecule has 0 unspecified atom stereocenters. The smallest absolute Gasteiger partial charge is 0.274 e. The van der Waals surface area contributed by atoms with E-state index in [4.69, 9.17) is 4.74 Å². The van der Waals surface area contributed by atoms with Crippen LogP contribution in [0.15, 0.2) is 79.3 Å². The molecule has 3 heterocycles. The molecule has 0 saturated carbocycles. The van der Waals surface area contributed by atoms with E-state index in [-0.39, 0.29) is 11.4 Å². The fourth-order valence-corrected chi connectivity index (χ4v) is 3.86. The van der Waals surface area contributed by atoms with Gasteiger partial charge in [0.25, 0.3) is 5.91 Å². The molecule has 7 heteroatoms. The summed E-state index contributed by atoms with van der Waals surface area (Å²) in [5.41, 5.74) is 5.39. The molecule has 2 N–H and O–H groups in total. The van der Waals surface area contributed by atoms with Crippen LogP contribution in [0.5, 0.6) is 11.5 Å². The summed E-state index contributed by atoms with van der Waals surface area (Å²) in [5, 5.41) is 3.45. The lowest BCUT2D eigenvalue weighted by atomic mass is 9.99. The Kier molecular flexibility index (Phi) is 5.51. The Morgan fingerprint density at radius 2 is 1.79 bits per heavy atom. The van der Waals surface area contributed by atoms with Crippen LogP contribution in [0.3, 0.4) is 0 Å². The number of hydrogen-bond acceptors (Lipinski definition) is 4. The fraction of sp³-hybridized carbons (Fsp3) is 0.0741. The molecule has 0 aliphatic carbocycles. The summed E-state index contributed by atoms with van der Waals surface area (Å²) in [7, 11) is 0. The molecule has 0 aliphatic heterocycles. The van der Waals surface area contributed by atoms with Gasteiger partial charge in [-0.15, -0.1) is 0 Å². The molecular weight excluding hydrogens is 431 g/mol. The zero-order valence-corrected chi connectivity index (χ0v) is 18.6. The van der Waals surface area contributed by atoms with Crippen LogP contribution < -0.4 is 10.1 Å². The number of ether oxygens (including phenoxy) is 1. The Balaban J connectivity index is 1.34. The quantitative estimate of drug-likeness (QED) is 0.322. The molecule has 0 atom stereocenters. The molecule has 2 aromatic carbocycles. The molecule has 5 rings (SSSR count). The number of H-pyrrole nitrogens is 1. The Labute approximate surface area is 195 Å². The van der Waals surface area contributed by atoms with Gasteiger partial charge < -0.3 is 15.0 Å². The van der Waals surface area contributed by atoms with Gasteiger partial charge in [0, 0.05) is 30.3 Å². The normalized spacial score (nSPS) is 10.9. The van der Waals surface area contributed by atoms with Crippen molar-refractivity contribution in [3.05, 3.63) is 102 Å². The fourth-order valence-electron chi connectivity index (χ4n) is 3.86. The molecule has 0 bridgehead atoms. The molecule has 34 heavy (non-hydrogen) atoms. The zero-order valence-electron chi connectivity index (χ0n) is 18.6. The van der Waals surface area contributed by atoms with Crippen LogP contribution in [0, 0.1) is 19.7 Å². The van der Waals surface area contributed by atoms with Gasteiger partial charge in [-0.2, -0.15) is 0 Å². The predicted octanol–water partition coefficient (Wildman–Crippen LogP) is 6.43. The number of nitrogens with one attached hydrogen (secondary N) is 2. The molecule has 0 fully saturated rings. The molecule has 1 amide bonds. The summed E-state index contributed by atoms with van der Waals surface area (Å²) >= 11 is 0. The maximum absolute atomic E-state index is 14.8. The summed E-state index contributed by atoms with van der Waals surface area (Å²) in [5.74, 6) is -0.505. The number of hydrogen-bond donors (Lipinski definition) is 2. The van der Waals surface area contributed by atoms with Gasteiger partial charge in [0.15, 0.2) is 11.6 Å². The standard InChI is InChI=1S/C27H21FN4O2/c1-16-3-5-20(17(2)13-16)18-7-10-29-23(14-18)27(33)32-19-4-6-25(22(28)15-19)34-24-9-12-31-26-21(24)8-11-30-26/h3-15H,1-2H3,(H,30,31)(H,32,33). The highest BCUT2D eigenvalue weighted by atomic mass is 19.1. The third-order valence-corrected chi connectivity index (χ3v) is 5.52. The zero-order chi connectivity index (χ0) is 23.7. The summed E-state index contributed by atoms with van der Waals surface area (Å²) in [6.45, 7) is 4.07. The lowest BCUT2D eigenvalue weighted by Crippen LogP contribution is -2.13. The number of carbonyl (C=O) groups excluding carboxylic acids is 1. The number of benzene rings is 2. The molecule has 168 valence electrons. The lowest BCUT2D eigenvalue weighted by molar-refractivity contribution is 0.102. The van der Waals surface area contributed by atoms with E-state index in [0.717, 1.165) is 22.1 Å². The summed E-state index contributed by atoms with van der Waals surface area (Å²) in [6, 6.07) is 17.5. The van der Waals surface area contributed by atoms with E-state index in [1.807, 2.05) is 38.1 Å². The first-order valence-electron chi connectivity index (χ1n) is 10.7. The van der Waals surface area contributed by atoms with Gasteiger partial charge in [-0.3, -0.25) is 9.78 Å². The third-order valence-electron chi connectivity index (χ3n) is 5.52. The van der Waals surface area contributed by atoms with Gasteiger partial charge in [-0.1, -0.05) is 23.8 Å². The number of pyridine rings is 2. The molecule has 0 saturated heterocycles. The predicted molar refractivity (Wildman–Crippen MR) is 130 cm³/mol. The largest absolute Gasteiger partial charge is 0.453 e. The minimum absolute atomic E-state index is 0.0432. The molecule has 6 nitrogen and oxygen atoms in total. The van der Waals surface area contributed by atoms with Crippen molar-refractivity contribution in [2.75, 3.05) is 5.32 Å². The summed E-state index contributed by atoms with van der Waals surface area (Å²) in [6.07, 6.45) is 4.92. The second-order valence-corrected chi connectivity index (χ2v) is 8.00. The van der Waals surface area contributed by atoms with Crippen LogP contribution in [0.4, 0.5) is 10.1 Å².